The topological polar surface area (TPSA) is 34.2 Å². The average Bonchev–Trinajstić information content (AvgIpc) is 2.42. The molecule has 0 saturated carbocycles. The summed E-state index contributed by atoms with van der Waals surface area (Å²) < 4.78 is 33.2. The Bertz CT molecular complexity index is 590. The Labute approximate surface area is 124 Å². The summed E-state index contributed by atoms with van der Waals surface area (Å²) in [5.74, 6) is -1.79. The fraction of sp³-hybridized carbons (Fsp3) is 0.214. The van der Waals surface area contributed by atoms with Gasteiger partial charge in [-0.2, -0.15) is 4.98 Å². The first kappa shape index (κ1) is 14.7. The van der Waals surface area contributed by atoms with Crippen LogP contribution in [-0.4, -0.2) is 11.5 Å². The smallest absolute Gasteiger partial charge is 0.252 e. The summed E-state index contributed by atoms with van der Waals surface area (Å²) in [5, 5.41) is 2.71. The maximum atomic E-state index is 13.6. The molecule has 2 aromatic rings. The van der Waals surface area contributed by atoms with Crippen LogP contribution in [0.4, 0.5) is 14.6 Å². The molecule has 0 aliphatic carbocycles. The quantitative estimate of drug-likeness (QED) is 0.886. The molecule has 6 heteroatoms. The molecular formula is C14H13BrF2N2O. The molecule has 0 aliphatic rings. The molecule has 0 radical (unpaired) electrons. The molecule has 0 atom stereocenters. The zero-order valence-electron chi connectivity index (χ0n) is 10.8. The van der Waals surface area contributed by atoms with Crippen molar-refractivity contribution in [3.05, 3.63) is 52.0 Å². The van der Waals surface area contributed by atoms with Gasteiger partial charge in [-0.25, -0.2) is 8.78 Å². The number of nitrogens with zero attached hydrogens (tertiary/aromatic N) is 1. The predicted octanol–water partition coefficient (Wildman–Crippen LogP) is 4.13. The van der Waals surface area contributed by atoms with Crippen LogP contribution in [0.3, 0.4) is 0 Å². The highest BCUT2D eigenvalue weighted by Gasteiger charge is 2.12. The number of hydrogen-bond donors (Lipinski definition) is 1. The Morgan fingerprint density at radius 1 is 1.20 bits per heavy atom. The zero-order chi connectivity index (χ0) is 14.5. The van der Waals surface area contributed by atoms with Crippen molar-refractivity contribution in [2.45, 2.75) is 13.5 Å². The van der Waals surface area contributed by atoms with Crippen LogP contribution in [0.5, 0.6) is 5.88 Å². The molecule has 3 nitrogen and oxygen atoms in total. The lowest BCUT2D eigenvalue weighted by Gasteiger charge is -2.10. The van der Waals surface area contributed by atoms with E-state index < -0.39 is 11.6 Å². The average molecular weight is 343 g/mol. The number of benzene rings is 1. The zero-order valence-corrected chi connectivity index (χ0v) is 12.4. The van der Waals surface area contributed by atoms with Gasteiger partial charge in [-0.05, 0) is 24.6 Å². The van der Waals surface area contributed by atoms with Crippen LogP contribution >= 0.6 is 15.9 Å². The van der Waals surface area contributed by atoms with Crippen LogP contribution < -0.4 is 10.1 Å². The molecule has 0 fully saturated rings. The monoisotopic (exact) mass is 342 g/mol. The van der Waals surface area contributed by atoms with Crippen molar-refractivity contribution in [3.8, 4) is 5.88 Å². The molecular weight excluding hydrogens is 330 g/mol. The number of anilines is 1. The Morgan fingerprint density at radius 2 is 1.90 bits per heavy atom. The molecule has 0 amide bonds. The Kier molecular flexibility index (Phi) is 4.89. The summed E-state index contributed by atoms with van der Waals surface area (Å²) in [6.07, 6.45) is 0. The third-order valence-corrected chi connectivity index (χ3v) is 3.06. The van der Waals surface area contributed by atoms with Crippen molar-refractivity contribution in [1.29, 1.82) is 0 Å². The summed E-state index contributed by atoms with van der Waals surface area (Å²) in [4.78, 5) is 3.80. The minimum Gasteiger partial charge on any atom is -0.471 e. The van der Waals surface area contributed by atoms with Crippen LogP contribution in [0, 0.1) is 11.6 Å². The van der Waals surface area contributed by atoms with E-state index in [4.69, 9.17) is 4.74 Å². The van der Waals surface area contributed by atoms with Crippen molar-refractivity contribution in [2.24, 2.45) is 0 Å². The molecule has 0 saturated heterocycles. The van der Waals surface area contributed by atoms with E-state index in [-0.39, 0.29) is 18.3 Å². The summed E-state index contributed by atoms with van der Waals surface area (Å²) >= 11 is 3.32. The number of pyridine rings is 1. The number of halogens is 3. The van der Waals surface area contributed by atoms with Gasteiger partial charge >= 0.3 is 0 Å². The van der Waals surface area contributed by atoms with Crippen LogP contribution in [0.15, 0.2) is 34.8 Å². The van der Waals surface area contributed by atoms with Crippen molar-refractivity contribution in [2.75, 3.05) is 11.9 Å². The molecule has 1 heterocycles. The standard InChI is InChI=1S/C14H13BrF2N2O/c1-2-18-13-11(16)7-12(17)14(19-13)20-8-9-3-5-10(15)6-4-9/h3-7H,2,8H2,1H3,(H,18,19). The van der Waals surface area contributed by atoms with Gasteiger partial charge in [0.1, 0.15) is 6.61 Å². The highest BCUT2D eigenvalue weighted by molar-refractivity contribution is 9.10. The maximum absolute atomic E-state index is 13.6. The molecule has 106 valence electrons. The molecule has 0 unspecified atom stereocenters. The number of ether oxygens (including phenoxy) is 1. The van der Waals surface area contributed by atoms with Crippen LogP contribution in [0.2, 0.25) is 0 Å². The minimum atomic E-state index is -0.818. The van der Waals surface area contributed by atoms with Crippen molar-refractivity contribution in [3.63, 3.8) is 0 Å². The second-order valence-corrected chi connectivity index (χ2v) is 4.97. The van der Waals surface area contributed by atoms with Gasteiger partial charge in [-0.3, -0.25) is 0 Å². The number of hydrogen-bond acceptors (Lipinski definition) is 3. The fourth-order valence-electron chi connectivity index (χ4n) is 1.57. The van der Waals surface area contributed by atoms with Crippen LogP contribution in [0.1, 0.15) is 12.5 Å². The molecule has 0 aliphatic heterocycles. The Balaban J connectivity index is 2.12. The van der Waals surface area contributed by atoms with Gasteiger partial charge < -0.3 is 10.1 Å². The van der Waals surface area contributed by atoms with E-state index in [1.165, 1.54) is 0 Å². The number of nitrogens with one attached hydrogen (secondary N) is 1. The lowest BCUT2D eigenvalue weighted by molar-refractivity contribution is 0.276. The van der Waals surface area contributed by atoms with Gasteiger partial charge in [-0.15, -0.1) is 0 Å². The lowest BCUT2D eigenvalue weighted by Crippen LogP contribution is -2.06. The van der Waals surface area contributed by atoms with E-state index in [9.17, 15) is 8.78 Å². The fourth-order valence-corrected chi connectivity index (χ4v) is 1.84. The normalized spacial score (nSPS) is 10.4. The molecule has 1 aromatic carbocycles. The number of aromatic nitrogens is 1. The lowest BCUT2D eigenvalue weighted by atomic mass is 10.2. The van der Waals surface area contributed by atoms with Gasteiger partial charge in [0.2, 0.25) is 0 Å². The minimum absolute atomic E-state index is 0.0142. The second kappa shape index (κ2) is 6.65. The van der Waals surface area contributed by atoms with Crippen LogP contribution in [-0.2, 0) is 6.61 Å². The van der Waals surface area contributed by atoms with Gasteiger partial charge in [0.15, 0.2) is 17.5 Å². The van der Waals surface area contributed by atoms with Crippen molar-refractivity contribution < 1.29 is 13.5 Å². The summed E-state index contributed by atoms with van der Waals surface area (Å²) in [7, 11) is 0. The molecule has 1 N–H and O–H groups in total. The van der Waals surface area contributed by atoms with Gasteiger partial charge in [0, 0.05) is 17.1 Å². The largest absolute Gasteiger partial charge is 0.471 e. The van der Waals surface area contributed by atoms with Crippen molar-refractivity contribution >= 4 is 21.7 Å². The van der Waals surface area contributed by atoms with Gasteiger partial charge in [0.05, 0.1) is 0 Å². The summed E-state index contributed by atoms with van der Waals surface area (Å²) in [6.45, 7) is 2.45. The van der Waals surface area contributed by atoms with Gasteiger partial charge in [0.25, 0.3) is 5.88 Å². The molecule has 0 spiro atoms. The molecule has 0 bridgehead atoms. The third-order valence-electron chi connectivity index (χ3n) is 2.53. The summed E-state index contributed by atoms with van der Waals surface area (Å²) in [6, 6.07) is 8.17. The SMILES string of the molecule is CCNc1nc(OCc2ccc(Br)cc2)c(F)cc1F. The second-order valence-electron chi connectivity index (χ2n) is 4.05. The Morgan fingerprint density at radius 3 is 2.55 bits per heavy atom. The highest BCUT2D eigenvalue weighted by atomic mass is 79.9. The first-order valence-corrected chi connectivity index (χ1v) is 6.86. The van der Waals surface area contributed by atoms with Crippen molar-refractivity contribution in [1.82, 2.24) is 4.98 Å². The molecule has 20 heavy (non-hydrogen) atoms. The first-order chi connectivity index (χ1) is 9.60. The van der Waals surface area contributed by atoms with Gasteiger partial charge in [-0.1, -0.05) is 28.1 Å². The van der Waals surface area contributed by atoms with E-state index in [0.717, 1.165) is 16.1 Å². The predicted molar refractivity (Wildman–Crippen MR) is 76.8 cm³/mol. The van der Waals surface area contributed by atoms with Crippen LogP contribution in [0.25, 0.3) is 0 Å². The summed E-state index contributed by atoms with van der Waals surface area (Å²) in [5.41, 5.74) is 0.865. The highest BCUT2D eigenvalue weighted by Crippen LogP contribution is 2.22. The molecule has 2 rings (SSSR count). The number of rotatable bonds is 5. The van der Waals surface area contributed by atoms with E-state index in [2.05, 4.69) is 26.2 Å². The molecule has 1 aromatic heterocycles. The first-order valence-electron chi connectivity index (χ1n) is 6.07. The Hall–Kier alpha value is -1.69. The van der Waals surface area contributed by atoms with E-state index in [1.54, 1.807) is 6.92 Å². The van der Waals surface area contributed by atoms with E-state index in [0.29, 0.717) is 6.54 Å². The third kappa shape index (κ3) is 3.66. The van der Waals surface area contributed by atoms with E-state index >= 15 is 0 Å². The van der Waals surface area contributed by atoms with E-state index in [1.807, 2.05) is 24.3 Å². The maximum Gasteiger partial charge on any atom is 0.252 e.